The van der Waals surface area contributed by atoms with Gasteiger partial charge in [-0.1, -0.05) is 46.0 Å². The summed E-state index contributed by atoms with van der Waals surface area (Å²) in [6.45, 7) is 4.69. The molecule has 0 aliphatic heterocycles. The van der Waals surface area contributed by atoms with E-state index >= 15 is 0 Å². The number of aliphatic imine (C=N–C) groups is 1. The summed E-state index contributed by atoms with van der Waals surface area (Å²) in [5.74, 6) is 3.08. The summed E-state index contributed by atoms with van der Waals surface area (Å²) in [5.41, 5.74) is 6.29. The van der Waals surface area contributed by atoms with E-state index in [1.165, 1.54) is 57.8 Å². The number of hydrogen-bond donors (Lipinski definition) is 1. The van der Waals surface area contributed by atoms with Crippen LogP contribution in [0.1, 0.15) is 71.6 Å². The van der Waals surface area contributed by atoms with Crippen LogP contribution in [0.15, 0.2) is 4.99 Å². The lowest BCUT2D eigenvalue weighted by atomic mass is 9.78. The normalized spacial score (nSPS) is 31.8. The van der Waals surface area contributed by atoms with E-state index in [-0.39, 0.29) is 0 Å². The molecule has 0 amide bonds. The molecule has 2 aliphatic rings. The van der Waals surface area contributed by atoms with Crippen LogP contribution in [0.25, 0.3) is 0 Å². The fourth-order valence-corrected chi connectivity index (χ4v) is 3.77. The van der Waals surface area contributed by atoms with Crippen molar-refractivity contribution in [1.82, 2.24) is 0 Å². The molecular formula is C16H30N2. The lowest BCUT2D eigenvalue weighted by Crippen LogP contribution is -2.33. The molecule has 0 aromatic rings. The Bertz CT molecular complexity index is 277. The Hall–Kier alpha value is -0.530. The van der Waals surface area contributed by atoms with Crippen molar-refractivity contribution in [2.45, 2.75) is 77.7 Å². The topological polar surface area (TPSA) is 38.4 Å². The first-order valence-corrected chi connectivity index (χ1v) is 8.01. The van der Waals surface area contributed by atoms with Gasteiger partial charge in [0.1, 0.15) is 0 Å². The predicted molar refractivity (Wildman–Crippen MR) is 78.8 cm³/mol. The molecule has 0 spiro atoms. The fourth-order valence-electron chi connectivity index (χ4n) is 3.77. The van der Waals surface area contributed by atoms with Gasteiger partial charge in [0, 0.05) is 5.92 Å². The molecule has 2 rings (SSSR count). The molecule has 0 radical (unpaired) electrons. The minimum absolute atomic E-state index is 0.515. The van der Waals surface area contributed by atoms with Crippen LogP contribution in [0.4, 0.5) is 0 Å². The van der Waals surface area contributed by atoms with Gasteiger partial charge in [-0.2, -0.15) is 0 Å². The van der Waals surface area contributed by atoms with E-state index in [1.54, 1.807) is 0 Å². The third-order valence-electron chi connectivity index (χ3n) is 4.98. The lowest BCUT2D eigenvalue weighted by Gasteiger charge is -2.33. The molecule has 0 bridgehead atoms. The molecule has 2 nitrogen and oxygen atoms in total. The minimum atomic E-state index is 0.515. The first-order valence-electron chi connectivity index (χ1n) is 8.01. The number of rotatable bonds is 3. The standard InChI is InChI=1S/C16H30N2/c1-12(2)14-10-6-7-11-15(14)18-16(17)13-8-4-3-5-9-13/h12-15H,3-11H2,1-2H3,(H2,17,18). The van der Waals surface area contributed by atoms with Crippen molar-refractivity contribution in [2.75, 3.05) is 0 Å². The van der Waals surface area contributed by atoms with Gasteiger partial charge in [0.15, 0.2) is 0 Å². The highest BCUT2D eigenvalue weighted by Crippen LogP contribution is 2.33. The maximum absolute atomic E-state index is 6.29. The average molecular weight is 250 g/mol. The molecule has 0 aromatic heterocycles. The van der Waals surface area contributed by atoms with Crippen molar-refractivity contribution in [3.8, 4) is 0 Å². The van der Waals surface area contributed by atoms with Crippen LogP contribution in [0.2, 0.25) is 0 Å². The Labute approximate surface area is 112 Å². The van der Waals surface area contributed by atoms with Crippen LogP contribution in [0.3, 0.4) is 0 Å². The van der Waals surface area contributed by atoms with Gasteiger partial charge in [0.2, 0.25) is 0 Å². The Balaban J connectivity index is 1.99. The first kappa shape index (κ1) is 13.9. The third kappa shape index (κ3) is 3.49. The highest BCUT2D eigenvalue weighted by Gasteiger charge is 2.28. The molecule has 2 N–H and O–H groups in total. The highest BCUT2D eigenvalue weighted by molar-refractivity contribution is 5.83. The van der Waals surface area contributed by atoms with Gasteiger partial charge in [0.25, 0.3) is 0 Å². The van der Waals surface area contributed by atoms with Gasteiger partial charge in [-0.05, 0) is 37.5 Å². The molecule has 2 saturated carbocycles. The van der Waals surface area contributed by atoms with E-state index in [4.69, 9.17) is 10.7 Å². The number of nitrogens with zero attached hydrogens (tertiary/aromatic N) is 1. The van der Waals surface area contributed by atoms with Gasteiger partial charge in [-0.3, -0.25) is 4.99 Å². The summed E-state index contributed by atoms with van der Waals surface area (Å²) in [5, 5.41) is 0. The van der Waals surface area contributed by atoms with Gasteiger partial charge in [-0.25, -0.2) is 0 Å². The van der Waals surface area contributed by atoms with E-state index in [9.17, 15) is 0 Å². The zero-order valence-electron chi connectivity index (χ0n) is 12.2. The molecule has 2 fully saturated rings. The molecule has 18 heavy (non-hydrogen) atoms. The molecular weight excluding hydrogens is 220 g/mol. The van der Waals surface area contributed by atoms with Crippen molar-refractivity contribution < 1.29 is 0 Å². The maximum Gasteiger partial charge on any atom is 0.0971 e. The van der Waals surface area contributed by atoms with E-state index in [0.717, 1.165) is 17.7 Å². The summed E-state index contributed by atoms with van der Waals surface area (Å²) in [7, 11) is 0. The molecule has 0 saturated heterocycles. The predicted octanol–water partition coefficient (Wildman–Crippen LogP) is 4.14. The van der Waals surface area contributed by atoms with Crippen LogP contribution in [0.5, 0.6) is 0 Å². The van der Waals surface area contributed by atoms with Gasteiger partial charge in [-0.15, -0.1) is 0 Å². The summed E-state index contributed by atoms with van der Waals surface area (Å²) in [4.78, 5) is 4.96. The molecule has 2 aliphatic carbocycles. The number of nitrogens with two attached hydrogens (primary N) is 1. The smallest absolute Gasteiger partial charge is 0.0971 e. The van der Waals surface area contributed by atoms with Crippen molar-refractivity contribution in [2.24, 2.45) is 28.5 Å². The second-order valence-electron chi connectivity index (χ2n) is 6.65. The second kappa shape index (κ2) is 6.58. The average Bonchev–Trinajstić information content (AvgIpc) is 2.40. The lowest BCUT2D eigenvalue weighted by molar-refractivity contribution is 0.240. The van der Waals surface area contributed by atoms with Crippen molar-refractivity contribution >= 4 is 5.84 Å². The van der Waals surface area contributed by atoms with Crippen molar-refractivity contribution in [3.63, 3.8) is 0 Å². The highest BCUT2D eigenvalue weighted by atomic mass is 14.9. The SMILES string of the molecule is CC(C)C1CCCCC1N=C(N)C1CCCCC1. The van der Waals surface area contributed by atoms with Crippen molar-refractivity contribution in [3.05, 3.63) is 0 Å². The molecule has 104 valence electrons. The Morgan fingerprint density at radius 2 is 1.56 bits per heavy atom. The van der Waals surface area contributed by atoms with E-state index in [2.05, 4.69) is 13.8 Å². The molecule has 0 aromatic carbocycles. The summed E-state index contributed by atoms with van der Waals surface area (Å²) < 4.78 is 0. The van der Waals surface area contributed by atoms with Crippen LogP contribution in [-0.2, 0) is 0 Å². The first-order chi connectivity index (χ1) is 8.68. The molecule has 2 unspecified atom stereocenters. The fraction of sp³-hybridized carbons (Fsp3) is 0.938. The summed E-state index contributed by atoms with van der Waals surface area (Å²) in [6.07, 6.45) is 12.0. The zero-order valence-corrected chi connectivity index (χ0v) is 12.2. The molecule has 2 atom stereocenters. The van der Waals surface area contributed by atoms with Crippen LogP contribution < -0.4 is 5.73 Å². The summed E-state index contributed by atoms with van der Waals surface area (Å²) in [6, 6.07) is 0.515. The van der Waals surface area contributed by atoms with Gasteiger partial charge in [0.05, 0.1) is 11.9 Å². The van der Waals surface area contributed by atoms with Gasteiger partial charge < -0.3 is 5.73 Å². The molecule has 0 heterocycles. The quantitative estimate of drug-likeness (QED) is 0.593. The van der Waals surface area contributed by atoms with E-state index in [0.29, 0.717) is 12.0 Å². The number of amidine groups is 1. The summed E-state index contributed by atoms with van der Waals surface area (Å²) >= 11 is 0. The third-order valence-corrected chi connectivity index (χ3v) is 4.98. The monoisotopic (exact) mass is 250 g/mol. The molecule has 2 heteroatoms. The largest absolute Gasteiger partial charge is 0.387 e. The van der Waals surface area contributed by atoms with Gasteiger partial charge >= 0.3 is 0 Å². The zero-order chi connectivity index (χ0) is 13.0. The maximum atomic E-state index is 6.29. The van der Waals surface area contributed by atoms with Crippen molar-refractivity contribution in [1.29, 1.82) is 0 Å². The van der Waals surface area contributed by atoms with Crippen LogP contribution in [0, 0.1) is 17.8 Å². The number of hydrogen-bond acceptors (Lipinski definition) is 1. The Morgan fingerprint density at radius 1 is 0.944 bits per heavy atom. The van der Waals surface area contributed by atoms with E-state index < -0.39 is 0 Å². The Kier molecular flexibility index (Phi) is 5.08. The second-order valence-corrected chi connectivity index (χ2v) is 6.65. The van der Waals surface area contributed by atoms with Crippen LogP contribution in [-0.4, -0.2) is 11.9 Å². The van der Waals surface area contributed by atoms with Crippen LogP contribution >= 0.6 is 0 Å². The van der Waals surface area contributed by atoms with E-state index in [1.807, 2.05) is 0 Å². The Morgan fingerprint density at radius 3 is 2.22 bits per heavy atom. The minimum Gasteiger partial charge on any atom is -0.387 e.